The third kappa shape index (κ3) is 4.97. The van der Waals surface area contributed by atoms with Crippen LogP contribution in [-0.2, 0) is 11.2 Å². The van der Waals surface area contributed by atoms with Gasteiger partial charge in [-0.3, -0.25) is 14.6 Å². The summed E-state index contributed by atoms with van der Waals surface area (Å²) in [6.07, 6.45) is 7.42. The Hall–Kier alpha value is -4.25. The van der Waals surface area contributed by atoms with Gasteiger partial charge in [0, 0.05) is 37.3 Å². The van der Waals surface area contributed by atoms with Crippen molar-refractivity contribution in [2.24, 2.45) is 0 Å². The molecule has 1 aliphatic rings. The maximum absolute atomic E-state index is 13.7. The van der Waals surface area contributed by atoms with Gasteiger partial charge in [0.2, 0.25) is 5.91 Å². The van der Waals surface area contributed by atoms with Crippen molar-refractivity contribution in [3.8, 4) is 22.6 Å². The minimum Gasteiger partial charge on any atom is -0.343 e. The molecule has 0 bridgehead atoms. The van der Waals surface area contributed by atoms with Crippen LogP contribution in [0, 0.1) is 5.82 Å². The highest BCUT2D eigenvalue weighted by Crippen LogP contribution is 2.35. The Labute approximate surface area is 228 Å². The number of hydrogen-bond acceptors (Lipinski definition) is 7. The number of benzene rings is 1. The summed E-state index contributed by atoms with van der Waals surface area (Å²) in [5.41, 5.74) is 5.88. The van der Waals surface area contributed by atoms with Crippen molar-refractivity contribution in [3.05, 3.63) is 77.0 Å². The number of hydrogen-bond donors (Lipinski definition) is 0. The van der Waals surface area contributed by atoms with E-state index in [-0.39, 0.29) is 30.0 Å². The summed E-state index contributed by atoms with van der Waals surface area (Å²) < 4.78 is 17.5. The fourth-order valence-corrected chi connectivity index (χ4v) is 5.64. The van der Waals surface area contributed by atoms with Gasteiger partial charge in [0.25, 0.3) is 0 Å². The highest BCUT2D eigenvalue weighted by molar-refractivity contribution is 7.11. The fraction of sp³-hybridized carbons (Fsp3) is 0.286. The maximum Gasteiger partial charge on any atom is 0.222 e. The lowest BCUT2D eigenvalue weighted by atomic mass is 10.0. The van der Waals surface area contributed by atoms with Gasteiger partial charge in [-0.05, 0) is 49.2 Å². The third-order valence-electron chi connectivity index (χ3n) is 7.09. The van der Waals surface area contributed by atoms with Crippen molar-refractivity contribution in [3.63, 3.8) is 0 Å². The Balaban J connectivity index is 1.36. The fourth-order valence-electron chi connectivity index (χ4n) is 5.08. The molecular formula is C28H26FN7O2S. The number of nitrogens with zero attached hydrogens (tertiary/aromatic N) is 7. The molecule has 1 amide bonds. The highest BCUT2D eigenvalue weighted by atomic mass is 32.1. The number of thiazole rings is 1. The molecule has 6 rings (SSSR count). The molecule has 1 fully saturated rings. The van der Waals surface area contributed by atoms with E-state index in [0.29, 0.717) is 47.1 Å². The molecule has 0 aliphatic carbocycles. The second kappa shape index (κ2) is 10.5. The first-order valence-electron chi connectivity index (χ1n) is 12.9. The topological polar surface area (TPSA) is 98.3 Å². The van der Waals surface area contributed by atoms with E-state index in [0.717, 1.165) is 24.1 Å². The van der Waals surface area contributed by atoms with Crippen molar-refractivity contribution in [1.82, 2.24) is 34.0 Å². The van der Waals surface area contributed by atoms with Crippen LogP contribution in [0.4, 0.5) is 4.39 Å². The van der Waals surface area contributed by atoms with E-state index in [1.54, 1.807) is 34.6 Å². The molecule has 5 heterocycles. The van der Waals surface area contributed by atoms with Gasteiger partial charge in [0.15, 0.2) is 11.4 Å². The van der Waals surface area contributed by atoms with Crippen molar-refractivity contribution in [1.29, 1.82) is 0 Å². The molecule has 0 N–H and O–H groups in total. The molecule has 4 aromatic heterocycles. The van der Waals surface area contributed by atoms with Crippen LogP contribution in [-0.4, -0.2) is 58.8 Å². The summed E-state index contributed by atoms with van der Waals surface area (Å²) in [7, 11) is 0. The second-order valence-corrected chi connectivity index (χ2v) is 10.4. The Kier molecular flexibility index (Phi) is 6.74. The van der Waals surface area contributed by atoms with Gasteiger partial charge in [-0.15, -0.1) is 11.3 Å². The molecule has 1 saturated heterocycles. The monoisotopic (exact) mass is 543 g/mol. The molecule has 0 spiro atoms. The van der Waals surface area contributed by atoms with Crippen molar-refractivity contribution < 1.29 is 14.0 Å². The number of halogens is 1. The van der Waals surface area contributed by atoms with Crippen LogP contribution < -0.4 is 0 Å². The molecule has 198 valence electrons. The first-order valence-corrected chi connectivity index (χ1v) is 13.8. The van der Waals surface area contributed by atoms with E-state index < -0.39 is 0 Å². The van der Waals surface area contributed by atoms with E-state index in [1.165, 1.54) is 23.5 Å². The molecule has 1 aliphatic heterocycles. The van der Waals surface area contributed by atoms with Gasteiger partial charge in [-0.1, -0.05) is 6.92 Å². The zero-order valence-corrected chi connectivity index (χ0v) is 22.1. The van der Waals surface area contributed by atoms with E-state index in [2.05, 4.69) is 14.5 Å². The number of likely N-dealkylation sites (tertiary alicyclic amines) is 1. The summed E-state index contributed by atoms with van der Waals surface area (Å²) >= 11 is 1.31. The lowest BCUT2D eigenvalue weighted by molar-refractivity contribution is -0.132. The number of carbonyl (C=O) groups is 2. The van der Waals surface area contributed by atoms with Crippen molar-refractivity contribution >= 4 is 28.7 Å². The third-order valence-corrected chi connectivity index (χ3v) is 7.90. The zero-order chi connectivity index (χ0) is 26.9. The minimum absolute atomic E-state index is 0.0364. The number of rotatable bonds is 7. The van der Waals surface area contributed by atoms with E-state index >= 15 is 0 Å². The van der Waals surface area contributed by atoms with Crippen LogP contribution >= 0.6 is 11.3 Å². The summed E-state index contributed by atoms with van der Waals surface area (Å²) in [4.78, 5) is 40.6. The van der Waals surface area contributed by atoms with Crippen LogP contribution in [0.5, 0.6) is 0 Å². The summed E-state index contributed by atoms with van der Waals surface area (Å²) in [6, 6.07) is 10.2. The zero-order valence-electron chi connectivity index (χ0n) is 21.3. The van der Waals surface area contributed by atoms with Gasteiger partial charge in [-0.2, -0.15) is 5.10 Å². The number of piperidine rings is 1. The average Bonchev–Trinajstić information content (AvgIpc) is 3.72. The number of aromatic nitrogens is 6. The molecular weight excluding hydrogens is 517 g/mol. The largest absolute Gasteiger partial charge is 0.343 e. The van der Waals surface area contributed by atoms with Gasteiger partial charge in [-0.25, -0.2) is 18.9 Å². The van der Waals surface area contributed by atoms with Crippen LogP contribution in [0.3, 0.4) is 0 Å². The molecule has 11 heteroatoms. The van der Waals surface area contributed by atoms with Gasteiger partial charge in [0.1, 0.15) is 11.5 Å². The summed E-state index contributed by atoms with van der Waals surface area (Å²) in [5, 5.41) is 4.86. The summed E-state index contributed by atoms with van der Waals surface area (Å²) in [5.74, 6) is -0.181. The average molecular weight is 544 g/mol. The van der Waals surface area contributed by atoms with E-state index in [4.69, 9.17) is 10.1 Å². The minimum atomic E-state index is -0.314. The molecule has 0 saturated carbocycles. The van der Waals surface area contributed by atoms with Gasteiger partial charge < -0.3 is 9.47 Å². The van der Waals surface area contributed by atoms with Crippen molar-refractivity contribution in [2.75, 3.05) is 13.1 Å². The number of imidazole rings is 2. The predicted octanol–water partition coefficient (Wildman–Crippen LogP) is 4.85. The van der Waals surface area contributed by atoms with Gasteiger partial charge in [0.05, 0.1) is 46.4 Å². The SMILES string of the molecule is CCC(=O)N1CCC(n2cnc(-c3ccc(F)cc3)c2-c2ccc3nc(CC(=O)c4cncs4)cn3n2)CC1. The number of Topliss-reactive ketones (excluding diaryl/α,β-unsaturated/α-hetero) is 1. The smallest absolute Gasteiger partial charge is 0.222 e. The predicted molar refractivity (Wildman–Crippen MR) is 145 cm³/mol. The first kappa shape index (κ1) is 25.1. The molecule has 5 aromatic rings. The first-order chi connectivity index (χ1) is 19.0. The van der Waals surface area contributed by atoms with Crippen LogP contribution in [0.2, 0.25) is 0 Å². The molecule has 1 aromatic carbocycles. The van der Waals surface area contributed by atoms with E-state index in [1.807, 2.05) is 30.3 Å². The Morgan fingerprint density at radius 2 is 1.90 bits per heavy atom. The number of fused-ring (bicyclic) bond motifs is 1. The second-order valence-electron chi connectivity index (χ2n) is 9.54. The highest BCUT2D eigenvalue weighted by Gasteiger charge is 2.27. The lowest BCUT2D eigenvalue weighted by Crippen LogP contribution is -2.38. The Morgan fingerprint density at radius 3 is 2.62 bits per heavy atom. The molecule has 39 heavy (non-hydrogen) atoms. The number of ketones is 1. The van der Waals surface area contributed by atoms with Crippen LogP contribution in [0.25, 0.3) is 28.3 Å². The number of carbonyl (C=O) groups excluding carboxylic acids is 2. The maximum atomic E-state index is 13.7. The molecule has 9 nitrogen and oxygen atoms in total. The molecule has 0 unspecified atom stereocenters. The van der Waals surface area contributed by atoms with Gasteiger partial charge >= 0.3 is 0 Å². The summed E-state index contributed by atoms with van der Waals surface area (Å²) in [6.45, 7) is 3.26. The Bertz CT molecular complexity index is 1630. The molecule has 0 atom stereocenters. The van der Waals surface area contributed by atoms with Crippen molar-refractivity contribution in [2.45, 2.75) is 38.6 Å². The van der Waals surface area contributed by atoms with Crippen LogP contribution in [0.1, 0.15) is 47.6 Å². The quantitative estimate of drug-likeness (QED) is 0.272. The van der Waals surface area contributed by atoms with E-state index in [9.17, 15) is 14.0 Å². The standard InChI is InChI=1S/C28H26FN7O2S/c1-2-26(38)34-11-9-21(10-12-34)35-16-31-27(18-3-5-19(29)6-4-18)28(35)22-7-8-25-32-20(15-36(25)33-22)13-23(37)24-14-30-17-39-24/h3-8,14-17,21H,2,9-13H2,1H3. The lowest BCUT2D eigenvalue weighted by Gasteiger charge is -2.33. The normalized spacial score (nSPS) is 14.3. The van der Waals surface area contributed by atoms with Crippen LogP contribution in [0.15, 0.2) is 60.6 Å². The number of amides is 1. The Morgan fingerprint density at radius 1 is 1.10 bits per heavy atom. The molecule has 0 radical (unpaired) electrons.